The summed E-state index contributed by atoms with van der Waals surface area (Å²) in [5.41, 5.74) is -1.06. The molecule has 0 amide bonds. The number of alkyl halides is 3. The molecule has 0 spiro atoms. The lowest BCUT2D eigenvalue weighted by Gasteiger charge is -2.08. The molecule has 0 aliphatic heterocycles. The van der Waals surface area contributed by atoms with E-state index in [1.165, 1.54) is 18.2 Å². The van der Waals surface area contributed by atoms with E-state index in [-0.39, 0.29) is 26.9 Å². The monoisotopic (exact) mass is 470 g/mol. The predicted octanol–water partition coefficient (Wildman–Crippen LogP) is 5.75. The molecule has 0 fully saturated rings. The molecular weight excluding hydrogens is 462 g/mol. The standard InChI is InChI=1S/C17H9Cl2F5N2O2S/c1-29(27,28)15-11(20)4-8(5-12(15)21)14-13(25-16(26-14)17(22,23)24)7-2-9(18)6-10(19)3-7/h2-6H,1H3,(H,25,26). The molecule has 3 aromatic rings. The fraction of sp³-hybridized carbons (Fsp3) is 0.118. The van der Waals surface area contributed by atoms with E-state index in [0.29, 0.717) is 18.4 Å². The van der Waals surface area contributed by atoms with Gasteiger partial charge in [-0.15, -0.1) is 0 Å². The second-order valence-electron chi connectivity index (χ2n) is 6.01. The Morgan fingerprint density at radius 3 is 1.90 bits per heavy atom. The second-order valence-corrected chi connectivity index (χ2v) is 8.83. The number of benzene rings is 2. The summed E-state index contributed by atoms with van der Waals surface area (Å²) in [6, 6.07) is 5.07. The van der Waals surface area contributed by atoms with Crippen LogP contribution in [-0.2, 0) is 16.0 Å². The minimum atomic E-state index is -4.89. The summed E-state index contributed by atoms with van der Waals surface area (Å²) in [5, 5.41) is 0.194. The minimum absolute atomic E-state index is 0.0530. The largest absolute Gasteiger partial charge is 0.449 e. The van der Waals surface area contributed by atoms with Crippen LogP contribution in [0.4, 0.5) is 22.0 Å². The van der Waals surface area contributed by atoms with Crippen LogP contribution in [0.15, 0.2) is 35.2 Å². The van der Waals surface area contributed by atoms with Crippen molar-refractivity contribution in [3.63, 3.8) is 0 Å². The highest BCUT2D eigenvalue weighted by molar-refractivity contribution is 7.90. The van der Waals surface area contributed by atoms with Crippen LogP contribution < -0.4 is 0 Å². The third-order valence-corrected chi connectivity index (χ3v) is 5.33. The van der Waals surface area contributed by atoms with Crippen LogP contribution in [-0.4, -0.2) is 24.6 Å². The smallest absolute Gasteiger partial charge is 0.334 e. The second kappa shape index (κ2) is 7.26. The van der Waals surface area contributed by atoms with Gasteiger partial charge in [0, 0.05) is 27.4 Å². The first-order chi connectivity index (χ1) is 13.3. The van der Waals surface area contributed by atoms with Crippen LogP contribution in [0.25, 0.3) is 22.5 Å². The normalized spacial score (nSPS) is 12.4. The number of aromatic amines is 1. The molecule has 0 aliphatic carbocycles. The highest BCUT2D eigenvalue weighted by Crippen LogP contribution is 2.38. The van der Waals surface area contributed by atoms with Crippen LogP contribution in [0.5, 0.6) is 0 Å². The number of hydrogen-bond acceptors (Lipinski definition) is 3. The van der Waals surface area contributed by atoms with E-state index in [1.807, 2.05) is 4.98 Å². The zero-order valence-electron chi connectivity index (χ0n) is 14.2. The molecule has 29 heavy (non-hydrogen) atoms. The van der Waals surface area contributed by atoms with E-state index in [2.05, 4.69) is 4.98 Å². The van der Waals surface area contributed by atoms with Gasteiger partial charge in [-0.1, -0.05) is 23.2 Å². The zero-order chi connectivity index (χ0) is 21.7. The maximum Gasteiger partial charge on any atom is 0.449 e. The highest BCUT2D eigenvalue weighted by Gasteiger charge is 2.36. The zero-order valence-corrected chi connectivity index (χ0v) is 16.5. The minimum Gasteiger partial charge on any atom is -0.334 e. The van der Waals surface area contributed by atoms with Gasteiger partial charge in [0.15, 0.2) is 9.84 Å². The molecule has 4 nitrogen and oxygen atoms in total. The number of sulfone groups is 1. The van der Waals surface area contributed by atoms with Crippen LogP contribution >= 0.6 is 23.2 Å². The summed E-state index contributed by atoms with van der Waals surface area (Å²) in [6.45, 7) is 0. The molecule has 2 aromatic carbocycles. The summed E-state index contributed by atoms with van der Waals surface area (Å²) in [7, 11) is -4.25. The van der Waals surface area contributed by atoms with Gasteiger partial charge in [0.1, 0.15) is 16.5 Å². The predicted molar refractivity (Wildman–Crippen MR) is 97.5 cm³/mol. The van der Waals surface area contributed by atoms with Crippen LogP contribution in [0.1, 0.15) is 5.82 Å². The van der Waals surface area contributed by atoms with Gasteiger partial charge < -0.3 is 4.98 Å². The van der Waals surface area contributed by atoms with E-state index < -0.39 is 44.1 Å². The van der Waals surface area contributed by atoms with Crippen LogP contribution in [0.2, 0.25) is 10.0 Å². The third kappa shape index (κ3) is 4.39. The molecule has 0 radical (unpaired) electrons. The number of H-pyrrole nitrogens is 1. The molecule has 12 heteroatoms. The van der Waals surface area contributed by atoms with E-state index in [0.717, 1.165) is 0 Å². The molecule has 1 N–H and O–H groups in total. The Morgan fingerprint density at radius 2 is 1.45 bits per heavy atom. The quantitative estimate of drug-likeness (QED) is 0.495. The lowest BCUT2D eigenvalue weighted by atomic mass is 10.0. The van der Waals surface area contributed by atoms with Crippen molar-refractivity contribution in [2.75, 3.05) is 6.26 Å². The molecule has 3 rings (SSSR count). The van der Waals surface area contributed by atoms with Gasteiger partial charge in [0.25, 0.3) is 0 Å². The van der Waals surface area contributed by atoms with E-state index in [4.69, 9.17) is 23.2 Å². The summed E-state index contributed by atoms with van der Waals surface area (Å²) in [6.07, 6.45) is -4.29. The average molecular weight is 471 g/mol. The van der Waals surface area contributed by atoms with Gasteiger partial charge in [-0.05, 0) is 30.3 Å². The number of hydrogen-bond donors (Lipinski definition) is 1. The Labute approximate surface area is 171 Å². The van der Waals surface area contributed by atoms with Crippen molar-refractivity contribution >= 4 is 33.0 Å². The number of nitrogens with one attached hydrogen (secondary N) is 1. The Balaban J connectivity index is 2.31. The lowest BCUT2D eigenvalue weighted by Crippen LogP contribution is -2.07. The van der Waals surface area contributed by atoms with Crippen molar-refractivity contribution in [2.24, 2.45) is 0 Å². The molecule has 0 unspecified atom stereocenters. The number of imidazole rings is 1. The lowest BCUT2D eigenvalue weighted by molar-refractivity contribution is -0.144. The molecule has 1 aromatic heterocycles. The maximum atomic E-state index is 14.3. The van der Waals surface area contributed by atoms with Crippen molar-refractivity contribution in [2.45, 2.75) is 11.1 Å². The van der Waals surface area contributed by atoms with Crippen molar-refractivity contribution in [3.8, 4) is 22.5 Å². The van der Waals surface area contributed by atoms with Crippen molar-refractivity contribution < 1.29 is 30.4 Å². The number of halogens is 7. The van der Waals surface area contributed by atoms with Crippen molar-refractivity contribution in [1.29, 1.82) is 0 Å². The topological polar surface area (TPSA) is 62.8 Å². The SMILES string of the molecule is CS(=O)(=O)c1c(F)cc(-c2[nH]c(C(F)(F)F)nc2-c2cc(Cl)cc(Cl)c2)cc1F. The summed E-state index contributed by atoms with van der Waals surface area (Å²) in [5.74, 6) is -4.34. The fourth-order valence-electron chi connectivity index (χ4n) is 2.67. The van der Waals surface area contributed by atoms with Crippen molar-refractivity contribution in [3.05, 3.63) is 57.8 Å². The first-order valence-electron chi connectivity index (χ1n) is 7.60. The molecule has 0 bridgehead atoms. The van der Waals surface area contributed by atoms with E-state index >= 15 is 0 Å². The van der Waals surface area contributed by atoms with Gasteiger partial charge in [0.2, 0.25) is 5.82 Å². The summed E-state index contributed by atoms with van der Waals surface area (Å²) >= 11 is 11.8. The fourth-order valence-corrected chi connectivity index (χ4v) is 4.03. The Morgan fingerprint density at radius 1 is 0.931 bits per heavy atom. The molecule has 0 aliphatic rings. The van der Waals surface area contributed by atoms with E-state index in [9.17, 15) is 30.4 Å². The number of rotatable bonds is 3. The molecule has 0 atom stereocenters. The maximum absolute atomic E-state index is 14.3. The number of nitrogens with zero attached hydrogens (tertiary/aromatic N) is 1. The van der Waals surface area contributed by atoms with Gasteiger partial charge in [-0.25, -0.2) is 22.2 Å². The van der Waals surface area contributed by atoms with Gasteiger partial charge >= 0.3 is 6.18 Å². The highest BCUT2D eigenvalue weighted by atomic mass is 35.5. The molecular formula is C17H9Cl2F5N2O2S. The third-order valence-electron chi connectivity index (χ3n) is 3.77. The van der Waals surface area contributed by atoms with Crippen molar-refractivity contribution in [1.82, 2.24) is 9.97 Å². The Bertz CT molecular complexity index is 1180. The van der Waals surface area contributed by atoms with E-state index in [1.54, 1.807) is 0 Å². The van der Waals surface area contributed by atoms with Crippen LogP contribution in [0.3, 0.4) is 0 Å². The van der Waals surface area contributed by atoms with Gasteiger partial charge in [-0.3, -0.25) is 0 Å². The van der Waals surface area contributed by atoms with Gasteiger partial charge in [-0.2, -0.15) is 13.2 Å². The molecule has 0 saturated carbocycles. The molecule has 154 valence electrons. The summed E-state index contributed by atoms with van der Waals surface area (Å²) in [4.78, 5) is 4.27. The summed E-state index contributed by atoms with van der Waals surface area (Å²) < 4.78 is 91.2. The Hall–Kier alpha value is -2.17. The van der Waals surface area contributed by atoms with Gasteiger partial charge in [0.05, 0.1) is 11.4 Å². The molecule has 1 heterocycles. The first-order valence-corrected chi connectivity index (χ1v) is 10.2. The average Bonchev–Trinajstić information content (AvgIpc) is 2.97. The Kier molecular flexibility index (Phi) is 5.39. The van der Waals surface area contributed by atoms with Crippen LogP contribution in [0, 0.1) is 11.6 Å². The number of aromatic nitrogens is 2. The first kappa shape index (κ1) is 21.5. The molecule has 0 saturated heterocycles.